The second-order valence-corrected chi connectivity index (χ2v) is 5.22. The molecule has 3 heteroatoms. The van der Waals surface area contributed by atoms with Crippen LogP contribution in [-0.4, -0.2) is 17.5 Å². The Morgan fingerprint density at radius 2 is 2.29 bits per heavy atom. The minimum Gasteiger partial charge on any atom is -0.306 e. The highest BCUT2D eigenvalue weighted by atomic mass is 35.5. The van der Waals surface area contributed by atoms with E-state index in [0.29, 0.717) is 12.1 Å². The summed E-state index contributed by atoms with van der Waals surface area (Å²) in [5, 5.41) is 4.41. The van der Waals surface area contributed by atoms with Crippen LogP contribution >= 0.6 is 23.4 Å². The van der Waals surface area contributed by atoms with E-state index in [1.807, 2.05) is 23.9 Å². The van der Waals surface area contributed by atoms with Gasteiger partial charge in [0.25, 0.3) is 0 Å². The number of nitrogens with one attached hydrogen (secondary N) is 1. The van der Waals surface area contributed by atoms with Gasteiger partial charge < -0.3 is 5.32 Å². The van der Waals surface area contributed by atoms with Crippen molar-refractivity contribution in [2.24, 2.45) is 0 Å². The highest BCUT2D eigenvalue weighted by Gasteiger charge is 2.19. The van der Waals surface area contributed by atoms with Crippen LogP contribution in [0.4, 0.5) is 0 Å². The molecule has 1 saturated heterocycles. The largest absolute Gasteiger partial charge is 0.306 e. The Labute approximate surface area is 94.2 Å². The summed E-state index contributed by atoms with van der Waals surface area (Å²) in [6, 6.07) is 9.19. The maximum atomic E-state index is 5.97. The Kier molecular flexibility index (Phi) is 3.37. The summed E-state index contributed by atoms with van der Waals surface area (Å²) in [5.41, 5.74) is 1.30. The molecule has 0 bridgehead atoms. The third kappa shape index (κ3) is 2.44. The van der Waals surface area contributed by atoms with E-state index in [9.17, 15) is 0 Å². The maximum Gasteiger partial charge on any atom is 0.0414 e. The first-order chi connectivity index (χ1) is 6.75. The Bertz CT molecular complexity index is 316. The zero-order valence-electron chi connectivity index (χ0n) is 8.16. The van der Waals surface area contributed by atoms with Gasteiger partial charge in [-0.3, -0.25) is 0 Å². The minimum atomic E-state index is 0.461. The lowest BCUT2D eigenvalue weighted by Crippen LogP contribution is -2.37. The Morgan fingerprint density at radius 3 is 3.00 bits per heavy atom. The molecule has 0 aliphatic carbocycles. The molecule has 2 unspecified atom stereocenters. The van der Waals surface area contributed by atoms with Crippen LogP contribution in [0.25, 0.3) is 0 Å². The third-order valence-electron chi connectivity index (χ3n) is 2.39. The number of rotatable bonds is 1. The SMILES string of the molecule is CC1CSCC(c2cccc(Cl)c2)N1. The minimum absolute atomic E-state index is 0.461. The molecule has 0 radical (unpaired) electrons. The molecule has 0 saturated carbocycles. The number of thioether (sulfide) groups is 1. The van der Waals surface area contributed by atoms with Crippen molar-refractivity contribution < 1.29 is 0 Å². The van der Waals surface area contributed by atoms with Crippen LogP contribution in [0.15, 0.2) is 24.3 Å². The molecule has 1 aromatic rings. The average molecular weight is 228 g/mol. The first-order valence-electron chi connectivity index (χ1n) is 4.85. The highest BCUT2D eigenvalue weighted by Crippen LogP contribution is 2.25. The quantitative estimate of drug-likeness (QED) is 0.792. The molecule has 1 heterocycles. The molecule has 14 heavy (non-hydrogen) atoms. The Hall–Kier alpha value is -0.180. The lowest BCUT2D eigenvalue weighted by molar-refractivity contribution is 0.502. The molecule has 76 valence electrons. The molecule has 2 rings (SSSR count). The molecule has 1 nitrogen and oxygen atoms in total. The molecule has 2 atom stereocenters. The van der Waals surface area contributed by atoms with Gasteiger partial charge in [-0.15, -0.1) is 0 Å². The monoisotopic (exact) mass is 227 g/mol. The van der Waals surface area contributed by atoms with Gasteiger partial charge in [-0.2, -0.15) is 11.8 Å². The van der Waals surface area contributed by atoms with Gasteiger partial charge >= 0.3 is 0 Å². The highest BCUT2D eigenvalue weighted by molar-refractivity contribution is 7.99. The van der Waals surface area contributed by atoms with Gasteiger partial charge in [0.2, 0.25) is 0 Å². The molecule has 1 aliphatic rings. The van der Waals surface area contributed by atoms with Crippen LogP contribution in [0, 0.1) is 0 Å². The van der Waals surface area contributed by atoms with E-state index in [1.54, 1.807) is 0 Å². The topological polar surface area (TPSA) is 12.0 Å². The van der Waals surface area contributed by atoms with Gasteiger partial charge in [0.1, 0.15) is 0 Å². The van der Waals surface area contributed by atoms with Crippen molar-refractivity contribution in [1.82, 2.24) is 5.32 Å². The van der Waals surface area contributed by atoms with Gasteiger partial charge in [-0.05, 0) is 24.6 Å². The zero-order valence-corrected chi connectivity index (χ0v) is 9.74. The van der Waals surface area contributed by atoms with Gasteiger partial charge in [-0.25, -0.2) is 0 Å². The molecule has 1 aromatic carbocycles. The molecule has 0 amide bonds. The van der Waals surface area contributed by atoms with Crippen LogP contribution in [0.3, 0.4) is 0 Å². The normalized spacial score (nSPS) is 27.6. The fourth-order valence-electron chi connectivity index (χ4n) is 1.72. The van der Waals surface area contributed by atoms with Gasteiger partial charge in [0, 0.05) is 28.6 Å². The van der Waals surface area contributed by atoms with E-state index in [2.05, 4.69) is 24.4 Å². The summed E-state index contributed by atoms with van der Waals surface area (Å²) in [6.45, 7) is 2.23. The van der Waals surface area contributed by atoms with E-state index in [4.69, 9.17) is 11.6 Å². The van der Waals surface area contributed by atoms with Crippen molar-refractivity contribution in [3.05, 3.63) is 34.9 Å². The predicted molar refractivity (Wildman–Crippen MR) is 64.1 cm³/mol. The van der Waals surface area contributed by atoms with E-state index < -0.39 is 0 Å². The standard InChI is InChI=1S/C11H14ClNS/c1-8-6-14-7-11(13-8)9-3-2-4-10(12)5-9/h2-5,8,11,13H,6-7H2,1H3. The summed E-state index contributed by atoms with van der Waals surface area (Å²) < 4.78 is 0. The number of hydrogen-bond donors (Lipinski definition) is 1. The van der Waals surface area contributed by atoms with E-state index in [-0.39, 0.29) is 0 Å². The van der Waals surface area contributed by atoms with E-state index in [0.717, 1.165) is 10.8 Å². The van der Waals surface area contributed by atoms with Crippen LogP contribution in [0.1, 0.15) is 18.5 Å². The van der Waals surface area contributed by atoms with Crippen molar-refractivity contribution in [3.8, 4) is 0 Å². The van der Waals surface area contributed by atoms with Gasteiger partial charge in [0.15, 0.2) is 0 Å². The van der Waals surface area contributed by atoms with Crippen molar-refractivity contribution in [3.63, 3.8) is 0 Å². The average Bonchev–Trinajstić information content (AvgIpc) is 2.18. The second-order valence-electron chi connectivity index (χ2n) is 3.71. The number of halogens is 1. The molecular weight excluding hydrogens is 214 g/mol. The zero-order chi connectivity index (χ0) is 9.97. The molecule has 1 fully saturated rings. The van der Waals surface area contributed by atoms with Gasteiger partial charge in [-0.1, -0.05) is 23.7 Å². The van der Waals surface area contributed by atoms with E-state index >= 15 is 0 Å². The Balaban J connectivity index is 2.14. The fourth-order valence-corrected chi connectivity index (χ4v) is 3.03. The number of benzene rings is 1. The lowest BCUT2D eigenvalue weighted by atomic mass is 10.1. The van der Waals surface area contributed by atoms with Crippen LogP contribution in [-0.2, 0) is 0 Å². The summed E-state index contributed by atoms with van der Waals surface area (Å²) >= 11 is 7.97. The lowest BCUT2D eigenvalue weighted by Gasteiger charge is -2.28. The second kappa shape index (κ2) is 4.56. The first-order valence-corrected chi connectivity index (χ1v) is 6.38. The molecule has 1 aliphatic heterocycles. The molecule has 1 N–H and O–H groups in total. The van der Waals surface area contributed by atoms with Crippen molar-refractivity contribution in [2.45, 2.75) is 19.0 Å². The van der Waals surface area contributed by atoms with Crippen LogP contribution in [0.5, 0.6) is 0 Å². The number of hydrogen-bond acceptors (Lipinski definition) is 2. The summed E-state index contributed by atoms with van der Waals surface area (Å²) in [6.07, 6.45) is 0. The van der Waals surface area contributed by atoms with Crippen LogP contribution < -0.4 is 5.32 Å². The molecule has 0 aromatic heterocycles. The van der Waals surface area contributed by atoms with Crippen molar-refractivity contribution in [1.29, 1.82) is 0 Å². The fraction of sp³-hybridized carbons (Fsp3) is 0.455. The summed E-state index contributed by atoms with van der Waals surface area (Å²) in [7, 11) is 0. The van der Waals surface area contributed by atoms with Gasteiger partial charge in [0.05, 0.1) is 0 Å². The molecular formula is C11H14ClNS. The summed E-state index contributed by atoms with van der Waals surface area (Å²) in [4.78, 5) is 0. The first kappa shape index (κ1) is 10.3. The van der Waals surface area contributed by atoms with E-state index in [1.165, 1.54) is 11.3 Å². The van der Waals surface area contributed by atoms with Crippen molar-refractivity contribution in [2.75, 3.05) is 11.5 Å². The third-order valence-corrected chi connectivity index (χ3v) is 3.93. The van der Waals surface area contributed by atoms with Crippen LogP contribution in [0.2, 0.25) is 5.02 Å². The molecule has 0 spiro atoms. The summed E-state index contributed by atoms with van der Waals surface area (Å²) in [5.74, 6) is 2.35. The van der Waals surface area contributed by atoms with Crippen molar-refractivity contribution >= 4 is 23.4 Å². The predicted octanol–water partition coefficient (Wildman–Crippen LogP) is 3.11. The maximum absolute atomic E-state index is 5.97. The smallest absolute Gasteiger partial charge is 0.0414 e. The Morgan fingerprint density at radius 1 is 1.43 bits per heavy atom.